The highest BCUT2D eigenvalue weighted by molar-refractivity contribution is 5.91. The van der Waals surface area contributed by atoms with Gasteiger partial charge < -0.3 is 20.5 Å². The number of carboxylic acid groups (broad SMARTS) is 1. The molecule has 7 heteroatoms. The van der Waals surface area contributed by atoms with E-state index < -0.39 is 23.0 Å². The number of alkyl carbamates (subject to hydrolysis) is 1. The molecule has 1 saturated carbocycles. The molecule has 0 spiro atoms. The number of carbonyl (C=O) groups is 3. The SMILES string of the molecule is CCCC(C)(NC(=O)C1(CNC(=O)OCC2c3ccccc3-c3ccccc32)CC1)C(=O)O. The lowest BCUT2D eigenvalue weighted by molar-refractivity contribution is -0.148. The van der Waals surface area contributed by atoms with Crippen molar-refractivity contribution in [1.29, 1.82) is 0 Å². The summed E-state index contributed by atoms with van der Waals surface area (Å²) in [5, 5.41) is 14.9. The van der Waals surface area contributed by atoms with E-state index in [2.05, 4.69) is 34.9 Å². The molecule has 0 aromatic heterocycles. The van der Waals surface area contributed by atoms with E-state index in [0.29, 0.717) is 25.7 Å². The number of ether oxygens (including phenoxy) is 1. The number of carboxylic acids is 1. The average Bonchev–Trinajstić information content (AvgIpc) is 3.53. The second kappa shape index (κ2) is 8.89. The van der Waals surface area contributed by atoms with Crippen LogP contribution in [0.1, 0.15) is 56.6 Å². The van der Waals surface area contributed by atoms with Crippen LogP contribution >= 0.6 is 0 Å². The molecule has 0 heterocycles. The second-order valence-corrected chi connectivity index (χ2v) is 9.30. The summed E-state index contributed by atoms with van der Waals surface area (Å²) in [5.74, 6) is -1.43. The number of nitrogens with one attached hydrogen (secondary N) is 2. The Hall–Kier alpha value is -3.35. The van der Waals surface area contributed by atoms with E-state index in [4.69, 9.17) is 4.74 Å². The molecular formula is C26H30N2O5. The maximum absolute atomic E-state index is 12.8. The Morgan fingerprint density at radius 3 is 2.15 bits per heavy atom. The van der Waals surface area contributed by atoms with Crippen LogP contribution in [0.15, 0.2) is 48.5 Å². The predicted octanol–water partition coefficient (Wildman–Crippen LogP) is 4.06. The van der Waals surface area contributed by atoms with Crippen molar-refractivity contribution in [2.45, 2.75) is 51.0 Å². The van der Waals surface area contributed by atoms with Gasteiger partial charge in [-0.2, -0.15) is 0 Å². The van der Waals surface area contributed by atoms with Gasteiger partial charge in [0.2, 0.25) is 5.91 Å². The maximum Gasteiger partial charge on any atom is 0.407 e. The smallest absolute Gasteiger partial charge is 0.407 e. The third kappa shape index (κ3) is 4.45. The van der Waals surface area contributed by atoms with E-state index in [9.17, 15) is 19.5 Å². The normalized spacial score (nSPS) is 17.3. The molecule has 0 radical (unpaired) electrons. The number of aliphatic carboxylic acids is 1. The van der Waals surface area contributed by atoms with Crippen molar-refractivity contribution in [3.8, 4) is 11.1 Å². The van der Waals surface area contributed by atoms with Crippen molar-refractivity contribution in [2.24, 2.45) is 5.41 Å². The zero-order chi connectivity index (χ0) is 23.6. The van der Waals surface area contributed by atoms with Gasteiger partial charge in [-0.3, -0.25) is 4.79 Å². The summed E-state index contributed by atoms with van der Waals surface area (Å²) in [6, 6.07) is 16.2. The van der Waals surface area contributed by atoms with Gasteiger partial charge in [-0.05, 0) is 48.4 Å². The van der Waals surface area contributed by atoms with Gasteiger partial charge in [-0.1, -0.05) is 61.9 Å². The molecule has 33 heavy (non-hydrogen) atoms. The summed E-state index contributed by atoms with van der Waals surface area (Å²) in [5.41, 5.74) is 2.50. The van der Waals surface area contributed by atoms with Crippen LogP contribution in [0.4, 0.5) is 4.79 Å². The second-order valence-electron chi connectivity index (χ2n) is 9.30. The van der Waals surface area contributed by atoms with Gasteiger partial charge in [0.25, 0.3) is 0 Å². The molecule has 174 valence electrons. The molecule has 2 aromatic carbocycles. The van der Waals surface area contributed by atoms with Crippen molar-refractivity contribution in [3.05, 3.63) is 59.7 Å². The zero-order valence-corrected chi connectivity index (χ0v) is 19.0. The Balaban J connectivity index is 1.34. The van der Waals surface area contributed by atoms with Gasteiger partial charge in [0.1, 0.15) is 12.1 Å². The fraction of sp³-hybridized carbons (Fsp3) is 0.423. The van der Waals surface area contributed by atoms with Crippen molar-refractivity contribution < 1.29 is 24.2 Å². The maximum atomic E-state index is 12.8. The van der Waals surface area contributed by atoms with Gasteiger partial charge in [0.15, 0.2) is 0 Å². The largest absolute Gasteiger partial charge is 0.480 e. The predicted molar refractivity (Wildman–Crippen MR) is 124 cm³/mol. The van der Waals surface area contributed by atoms with Crippen molar-refractivity contribution in [2.75, 3.05) is 13.2 Å². The highest BCUT2D eigenvalue weighted by Gasteiger charge is 2.52. The summed E-state index contributed by atoms with van der Waals surface area (Å²) in [6.45, 7) is 3.72. The lowest BCUT2D eigenvalue weighted by Gasteiger charge is -2.28. The van der Waals surface area contributed by atoms with Crippen LogP contribution in [0, 0.1) is 5.41 Å². The first kappa shape index (κ1) is 22.8. The lowest BCUT2D eigenvalue weighted by atomic mass is 9.94. The van der Waals surface area contributed by atoms with Crippen LogP contribution < -0.4 is 10.6 Å². The average molecular weight is 451 g/mol. The summed E-state index contributed by atoms with van der Waals surface area (Å²) in [6.07, 6.45) is 1.60. The molecule has 2 aliphatic rings. The Bertz CT molecular complexity index is 1030. The number of amides is 2. The molecule has 2 aliphatic carbocycles. The van der Waals surface area contributed by atoms with Gasteiger partial charge in [-0.25, -0.2) is 9.59 Å². The van der Waals surface area contributed by atoms with Crippen molar-refractivity contribution in [3.63, 3.8) is 0 Å². The molecular weight excluding hydrogens is 420 g/mol. The molecule has 1 unspecified atom stereocenters. The summed E-state index contributed by atoms with van der Waals surface area (Å²) >= 11 is 0. The first-order chi connectivity index (χ1) is 15.8. The molecule has 2 amide bonds. The van der Waals surface area contributed by atoms with E-state index >= 15 is 0 Å². The molecule has 3 N–H and O–H groups in total. The van der Waals surface area contributed by atoms with Gasteiger partial charge in [-0.15, -0.1) is 0 Å². The van der Waals surface area contributed by atoms with Crippen LogP contribution in [0.5, 0.6) is 0 Å². The highest BCUT2D eigenvalue weighted by Crippen LogP contribution is 2.46. The van der Waals surface area contributed by atoms with E-state index in [1.807, 2.05) is 31.2 Å². The highest BCUT2D eigenvalue weighted by atomic mass is 16.5. The van der Waals surface area contributed by atoms with Crippen molar-refractivity contribution in [1.82, 2.24) is 10.6 Å². The summed E-state index contributed by atoms with van der Waals surface area (Å²) in [4.78, 5) is 36.9. The van der Waals surface area contributed by atoms with Crippen LogP contribution in [0.3, 0.4) is 0 Å². The van der Waals surface area contributed by atoms with Crippen LogP contribution in [-0.4, -0.2) is 41.8 Å². The van der Waals surface area contributed by atoms with Crippen LogP contribution in [0.25, 0.3) is 11.1 Å². The number of fused-ring (bicyclic) bond motifs is 3. The van der Waals surface area contributed by atoms with Gasteiger partial charge in [0.05, 0.1) is 5.41 Å². The number of hydrogen-bond donors (Lipinski definition) is 3. The molecule has 0 bridgehead atoms. The first-order valence-electron chi connectivity index (χ1n) is 11.4. The molecule has 0 aliphatic heterocycles. The summed E-state index contributed by atoms with van der Waals surface area (Å²) < 4.78 is 5.54. The minimum Gasteiger partial charge on any atom is -0.480 e. The topological polar surface area (TPSA) is 105 Å². The van der Waals surface area contributed by atoms with Crippen LogP contribution in [0.2, 0.25) is 0 Å². The Labute approximate surface area is 193 Å². The van der Waals surface area contributed by atoms with Crippen LogP contribution in [-0.2, 0) is 14.3 Å². The Morgan fingerprint density at radius 2 is 1.64 bits per heavy atom. The third-order valence-corrected chi connectivity index (χ3v) is 6.86. The standard InChI is InChI=1S/C26H30N2O5/c1-3-12-25(2,23(30)31)28-22(29)26(13-14-26)16-27-24(32)33-15-21-19-10-6-4-8-17(19)18-9-5-7-11-20(18)21/h4-11,21H,3,12-16H2,1-2H3,(H,27,32)(H,28,29)(H,30,31). The first-order valence-corrected chi connectivity index (χ1v) is 11.4. The van der Waals surface area contributed by atoms with E-state index in [1.165, 1.54) is 6.92 Å². The molecule has 1 atom stereocenters. The van der Waals surface area contributed by atoms with E-state index in [1.54, 1.807) is 0 Å². The molecule has 2 aromatic rings. The molecule has 4 rings (SSSR count). The monoisotopic (exact) mass is 450 g/mol. The zero-order valence-electron chi connectivity index (χ0n) is 19.0. The number of rotatable bonds is 9. The molecule has 0 saturated heterocycles. The third-order valence-electron chi connectivity index (χ3n) is 6.86. The molecule has 1 fully saturated rings. The Kier molecular flexibility index (Phi) is 6.15. The number of hydrogen-bond acceptors (Lipinski definition) is 4. The van der Waals surface area contributed by atoms with Gasteiger partial charge >= 0.3 is 12.1 Å². The molecule has 7 nitrogen and oxygen atoms in total. The van der Waals surface area contributed by atoms with Crippen molar-refractivity contribution >= 4 is 18.0 Å². The van der Waals surface area contributed by atoms with E-state index in [0.717, 1.165) is 22.3 Å². The number of benzene rings is 2. The van der Waals surface area contributed by atoms with E-state index in [-0.39, 0.29) is 25.0 Å². The summed E-state index contributed by atoms with van der Waals surface area (Å²) in [7, 11) is 0. The lowest BCUT2D eigenvalue weighted by Crippen LogP contribution is -2.55. The van der Waals surface area contributed by atoms with Gasteiger partial charge in [0, 0.05) is 12.5 Å². The Morgan fingerprint density at radius 1 is 1.06 bits per heavy atom. The minimum absolute atomic E-state index is 0.0355. The fourth-order valence-corrected chi connectivity index (χ4v) is 4.63. The quantitative estimate of drug-likeness (QED) is 0.534. The minimum atomic E-state index is -1.31. The number of carbonyl (C=O) groups excluding carboxylic acids is 2. The fourth-order valence-electron chi connectivity index (χ4n) is 4.63.